The van der Waals surface area contributed by atoms with Crippen LogP contribution in [0, 0.1) is 6.92 Å². The third-order valence-corrected chi connectivity index (χ3v) is 4.11. The molecule has 0 N–H and O–H groups in total. The van der Waals surface area contributed by atoms with Crippen molar-refractivity contribution in [3.05, 3.63) is 53.6 Å². The van der Waals surface area contributed by atoms with Crippen molar-refractivity contribution in [1.82, 2.24) is 19.6 Å². The van der Waals surface area contributed by atoms with Gasteiger partial charge in [-0.15, -0.1) is 5.10 Å². The Morgan fingerprint density at radius 2 is 1.71 bits per heavy atom. The standard InChI is InChI=1S/C17H13F3N4/c1-10-3-8-14-13(9-10)15-16(23(2)22-21-15)24(14)12-6-4-11(5-7-12)17(18,19)20/h3-9H,1-2H3. The Morgan fingerprint density at radius 3 is 2.38 bits per heavy atom. The molecule has 7 heteroatoms. The normalized spacial score (nSPS) is 12.4. The molecule has 0 aliphatic carbocycles. The Morgan fingerprint density at radius 1 is 1.00 bits per heavy atom. The fourth-order valence-corrected chi connectivity index (χ4v) is 2.99. The van der Waals surface area contributed by atoms with Gasteiger partial charge in [-0.2, -0.15) is 13.2 Å². The van der Waals surface area contributed by atoms with E-state index in [0.717, 1.165) is 39.8 Å². The highest BCUT2D eigenvalue weighted by Crippen LogP contribution is 2.33. The van der Waals surface area contributed by atoms with Crippen LogP contribution < -0.4 is 0 Å². The van der Waals surface area contributed by atoms with Gasteiger partial charge in [-0.3, -0.25) is 4.57 Å². The van der Waals surface area contributed by atoms with E-state index >= 15 is 0 Å². The first kappa shape index (κ1) is 14.7. The smallest absolute Gasteiger partial charge is 0.293 e. The van der Waals surface area contributed by atoms with Crippen LogP contribution in [0.4, 0.5) is 13.2 Å². The Bertz CT molecular complexity index is 1060. The summed E-state index contributed by atoms with van der Waals surface area (Å²) in [6.45, 7) is 1.98. The van der Waals surface area contributed by atoms with Crippen LogP contribution in [-0.4, -0.2) is 19.6 Å². The van der Waals surface area contributed by atoms with Crippen LogP contribution in [0.15, 0.2) is 42.5 Å². The fraction of sp³-hybridized carbons (Fsp3) is 0.176. The Hall–Kier alpha value is -2.83. The minimum atomic E-state index is -4.35. The first-order valence-electron chi connectivity index (χ1n) is 7.34. The van der Waals surface area contributed by atoms with Crippen LogP contribution in [0.25, 0.3) is 27.8 Å². The van der Waals surface area contributed by atoms with E-state index in [0.29, 0.717) is 5.69 Å². The van der Waals surface area contributed by atoms with Gasteiger partial charge in [0.1, 0.15) is 5.52 Å². The number of fused-ring (bicyclic) bond motifs is 3. The molecule has 4 rings (SSSR count). The van der Waals surface area contributed by atoms with Crippen LogP contribution in [0.2, 0.25) is 0 Å². The van der Waals surface area contributed by atoms with E-state index in [2.05, 4.69) is 10.3 Å². The maximum absolute atomic E-state index is 12.8. The third-order valence-electron chi connectivity index (χ3n) is 4.11. The van der Waals surface area contributed by atoms with Crippen LogP contribution in [0.1, 0.15) is 11.1 Å². The summed E-state index contributed by atoms with van der Waals surface area (Å²) in [5.41, 5.74) is 3.41. The van der Waals surface area contributed by atoms with Gasteiger partial charge in [0.25, 0.3) is 0 Å². The van der Waals surface area contributed by atoms with Crippen molar-refractivity contribution in [2.75, 3.05) is 0 Å². The Balaban J connectivity index is 2.02. The molecule has 0 radical (unpaired) electrons. The number of hydrogen-bond acceptors (Lipinski definition) is 2. The zero-order valence-electron chi connectivity index (χ0n) is 13.0. The minimum Gasteiger partial charge on any atom is -0.293 e. The lowest BCUT2D eigenvalue weighted by Crippen LogP contribution is -2.05. The van der Waals surface area contributed by atoms with Gasteiger partial charge in [0.15, 0.2) is 5.65 Å². The highest BCUT2D eigenvalue weighted by molar-refractivity contribution is 6.05. The first-order valence-corrected chi connectivity index (χ1v) is 7.34. The SMILES string of the molecule is Cc1ccc2c(c1)c1nnn(C)c1n2-c1ccc(C(F)(F)F)cc1. The number of aryl methyl sites for hydroxylation is 2. The Kier molecular flexibility index (Phi) is 2.97. The summed E-state index contributed by atoms with van der Waals surface area (Å²) in [4.78, 5) is 0. The fourth-order valence-electron chi connectivity index (χ4n) is 2.99. The van der Waals surface area contributed by atoms with E-state index in [1.54, 1.807) is 11.7 Å². The molecule has 0 unspecified atom stereocenters. The number of halogens is 3. The molecule has 0 fully saturated rings. The van der Waals surface area contributed by atoms with Gasteiger partial charge in [0, 0.05) is 18.1 Å². The largest absolute Gasteiger partial charge is 0.416 e. The summed E-state index contributed by atoms with van der Waals surface area (Å²) in [6, 6.07) is 11.0. The summed E-state index contributed by atoms with van der Waals surface area (Å²) in [5, 5.41) is 9.18. The van der Waals surface area contributed by atoms with Crippen molar-refractivity contribution in [3.63, 3.8) is 0 Å². The molecule has 0 saturated heterocycles. The molecule has 0 spiro atoms. The van der Waals surface area contributed by atoms with Crippen LogP contribution in [-0.2, 0) is 13.2 Å². The molecule has 4 aromatic rings. The van der Waals surface area contributed by atoms with Gasteiger partial charge in [0.2, 0.25) is 0 Å². The maximum Gasteiger partial charge on any atom is 0.416 e. The molecule has 24 heavy (non-hydrogen) atoms. The minimum absolute atomic E-state index is 0.636. The van der Waals surface area contributed by atoms with Gasteiger partial charge in [-0.1, -0.05) is 16.8 Å². The number of aromatic nitrogens is 4. The molecular weight excluding hydrogens is 317 g/mol. The third kappa shape index (κ3) is 2.08. The molecule has 4 nitrogen and oxygen atoms in total. The predicted molar refractivity (Wildman–Crippen MR) is 85.1 cm³/mol. The highest BCUT2D eigenvalue weighted by Gasteiger charge is 2.30. The quantitative estimate of drug-likeness (QED) is 0.523. The average molecular weight is 330 g/mol. The van der Waals surface area contributed by atoms with E-state index in [4.69, 9.17) is 0 Å². The highest BCUT2D eigenvalue weighted by atomic mass is 19.4. The molecule has 2 aromatic carbocycles. The topological polar surface area (TPSA) is 35.6 Å². The van der Waals surface area contributed by atoms with Crippen molar-refractivity contribution in [3.8, 4) is 5.69 Å². The van der Waals surface area contributed by atoms with Crippen molar-refractivity contribution in [1.29, 1.82) is 0 Å². The summed E-state index contributed by atoms with van der Waals surface area (Å²) >= 11 is 0. The van der Waals surface area contributed by atoms with Gasteiger partial charge in [-0.25, -0.2) is 4.68 Å². The molecule has 2 aromatic heterocycles. The lowest BCUT2D eigenvalue weighted by Gasteiger charge is -2.10. The molecule has 0 aliphatic heterocycles. The molecular formula is C17H13F3N4. The number of nitrogens with zero attached hydrogens (tertiary/aromatic N) is 4. The van der Waals surface area contributed by atoms with Crippen molar-refractivity contribution < 1.29 is 13.2 Å². The molecule has 0 bridgehead atoms. The molecule has 0 saturated carbocycles. The van der Waals surface area contributed by atoms with Crippen LogP contribution >= 0.6 is 0 Å². The number of benzene rings is 2. The lowest BCUT2D eigenvalue weighted by atomic mass is 10.1. The van der Waals surface area contributed by atoms with Gasteiger partial charge < -0.3 is 0 Å². The van der Waals surface area contributed by atoms with Crippen molar-refractivity contribution in [2.45, 2.75) is 13.1 Å². The lowest BCUT2D eigenvalue weighted by molar-refractivity contribution is -0.137. The second-order valence-electron chi connectivity index (χ2n) is 5.79. The van der Waals surface area contributed by atoms with Crippen molar-refractivity contribution in [2.24, 2.45) is 7.05 Å². The molecule has 2 heterocycles. The average Bonchev–Trinajstić information content (AvgIpc) is 3.05. The van der Waals surface area contributed by atoms with E-state index < -0.39 is 11.7 Å². The van der Waals surface area contributed by atoms with E-state index in [1.807, 2.05) is 29.7 Å². The van der Waals surface area contributed by atoms with Crippen LogP contribution in [0.3, 0.4) is 0 Å². The zero-order chi connectivity index (χ0) is 17.1. The summed E-state index contributed by atoms with van der Waals surface area (Å²) in [5.74, 6) is 0. The van der Waals surface area contributed by atoms with E-state index in [-0.39, 0.29) is 0 Å². The molecule has 122 valence electrons. The monoisotopic (exact) mass is 330 g/mol. The number of alkyl halides is 3. The summed E-state index contributed by atoms with van der Waals surface area (Å²) in [7, 11) is 1.77. The second kappa shape index (κ2) is 4.83. The van der Waals surface area contributed by atoms with Gasteiger partial charge in [0.05, 0.1) is 11.1 Å². The molecule has 0 atom stereocenters. The first-order chi connectivity index (χ1) is 11.4. The van der Waals surface area contributed by atoms with E-state index in [9.17, 15) is 13.2 Å². The maximum atomic E-state index is 12.8. The summed E-state index contributed by atoms with van der Waals surface area (Å²) in [6.07, 6.45) is -4.35. The van der Waals surface area contributed by atoms with Gasteiger partial charge >= 0.3 is 6.18 Å². The van der Waals surface area contributed by atoms with Crippen LogP contribution in [0.5, 0.6) is 0 Å². The predicted octanol–water partition coefficient (Wildman–Crippen LogP) is 4.24. The number of hydrogen-bond donors (Lipinski definition) is 0. The molecule has 0 aliphatic rings. The van der Waals surface area contributed by atoms with E-state index in [1.165, 1.54) is 12.1 Å². The van der Waals surface area contributed by atoms with Crippen molar-refractivity contribution >= 4 is 22.1 Å². The van der Waals surface area contributed by atoms with Gasteiger partial charge in [-0.05, 0) is 43.3 Å². The number of rotatable bonds is 1. The summed E-state index contributed by atoms with van der Waals surface area (Å²) < 4.78 is 41.9. The second-order valence-corrected chi connectivity index (χ2v) is 5.79. The Labute approximate surface area is 135 Å². The zero-order valence-corrected chi connectivity index (χ0v) is 13.0. The molecule has 0 amide bonds.